The van der Waals surface area contributed by atoms with Crippen molar-refractivity contribution in [2.45, 2.75) is 38.3 Å². The summed E-state index contributed by atoms with van der Waals surface area (Å²) in [5.74, 6) is 0. The number of nitrogens with one attached hydrogen (secondary N) is 2. The Hall–Kier alpha value is -2.34. The molecule has 0 saturated heterocycles. The van der Waals surface area contributed by atoms with Gasteiger partial charge in [0.2, 0.25) is 0 Å². The Morgan fingerprint density at radius 3 is 3.00 bits per heavy atom. The van der Waals surface area contributed by atoms with Crippen LogP contribution in [-0.2, 0) is 17.7 Å². The molecule has 1 aliphatic rings. The zero-order valence-electron chi connectivity index (χ0n) is 14.7. The van der Waals surface area contributed by atoms with Gasteiger partial charge in [-0.15, -0.1) is 0 Å². The van der Waals surface area contributed by atoms with Gasteiger partial charge in [0.15, 0.2) is 0 Å². The summed E-state index contributed by atoms with van der Waals surface area (Å²) in [6, 6.07) is 10.3. The molecule has 0 radical (unpaired) electrons. The first kappa shape index (κ1) is 17.5. The number of urea groups is 1. The molecule has 0 bridgehead atoms. The molecule has 1 aromatic carbocycles. The summed E-state index contributed by atoms with van der Waals surface area (Å²) in [6.45, 7) is 2.04. The molecule has 0 aliphatic heterocycles. The molecule has 2 amide bonds. The Bertz CT molecular complexity index is 684. The first-order chi connectivity index (χ1) is 12.3. The van der Waals surface area contributed by atoms with Gasteiger partial charge in [-0.3, -0.25) is 4.68 Å². The normalized spacial score (nSPS) is 16.3. The summed E-state index contributed by atoms with van der Waals surface area (Å²) >= 11 is 0. The van der Waals surface area contributed by atoms with Crippen molar-refractivity contribution >= 4 is 6.03 Å². The number of benzene rings is 1. The second-order valence-corrected chi connectivity index (χ2v) is 6.38. The predicted molar refractivity (Wildman–Crippen MR) is 96.5 cm³/mol. The highest BCUT2D eigenvalue weighted by molar-refractivity contribution is 5.74. The van der Waals surface area contributed by atoms with Crippen molar-refractivity contribution in [3.8, 4) is 0 Å². The Labute approximate surface area is 148 Å². The third kappa shape index (κ3) is 4.60. The molecule has 0 unspecified atom stereocenters. The molecular weight excluding hydrogens is 316 g/mol. The van der Waals surface area contributed by atoms with Gasteiger partial charge in [0.1, 0.15) is 0 Å². The first-order valence-corrected chi connectivity index (χ1v) is 8.89. The van der Waals surface area contributed by atoms with Crippen LogP contribution in [-0.4, -0.2) is 36.1 Å². The quantitative estimate of drug-likeness (QED) is 0.760. The van der Waals surface area contributed by atoms with Crippen LogP contribution < -0.4 is 10.6 Å². The summed E-state index contributed by atoms with van der Waals surface area (Å²) in [5, 5.41) is 10.5. The average Bonchev–Trinajstić information content (AvgIpc) is 3.04. The summed E-state index contributed by atoms with van der Waals surface area (Å²) < 4.78 is 7.05. The van der Waals surface area contributed by atoms with Gasteiger partial charge in [-0.2, -0.15) is 5.10 Å². The average molecular weight is 342 g/mol. The molecule has 0 spiro atoms. The fourth-order valence-corrected chi connectivity index (χ4v) is 3.29. The van der Waals surface area contributed by atoms with E-state index in [-0.39, 0.29) is 12.1 Å². The van der Waals surface area contributed by atoms with Crippen LogP contribution in [0.4, 0.5) is 4.79 Å². The van der Waals surface area contributed by atoms with Crippen molar-refractivity contribution in [2.75, 3.05) is 20.3 Å². The summed E-state index contributed by atoms with van der Waals surface area (Å²) in [5.41, 5.74) is 3.62. The molecule has 1 atom stereocenters. The van der Waals surface area contributed by atoms with E-state index in [0.29, 0.717) is 13.2 Å². The van der Waals surface area contributed by atoms with Crippen LogP contribution in [0.15, 0.2) is 36.5 Å². The molecule has 2 aromatic rings. The molecule has 0 saturated carbocycles. The number of amides is 2. The highest BCUT2D eigenvalue weighted by atomic mass is 16.5. The number of rotatable bonds is 7. The molecule has 1 heterocycles. The van der Waals surface area contributed by atoms with Crippen LogP contribution in [0.1, 0.15) is 42.1 Å². The predicted octanol–water partition coefficient (Wildman–Crippen LogP) is 2.64. The van der Waals surface area contributed by atoms with Crippen molar-refractivity contribution in [3.05, 3.63) is 53.3 Å². The van der Waals surface area contributed by atoms with Crippen LogP contribution in [0.25, 0.3) is 0 Å². The van der Waals surface area contributed by atoms with Crippen molar-refractivity contribution in [1.82, 2.24) is 20.4 Å². The van der Waals surface area contributed by atoms with Crippen molar-refractivity contribution in [3.63, 3.8) is 0 Å². The van der Waals surface area contributed by atoms with E-state index in [2.05, 4.69) is 32.5 Å². The van der Waals surface area contributed by atoms with Crippen LogP contribution in [0.3, 0.4) is 0 Å². The molecule has 2 N–H and O–H groups in total. The van der Waals surface area contributed by atoms with E-state index in [1.54, 1.807) is 7.11 Å². The lowest BCUT2D eigenvalue weighted by atomic mass is 9.93. The SMILES string of the molecule is COCCCNC(=O)N[C@H]1CCCc2c1cnn2Cc1ccccc1. The Morgan fingerprint density at radius 2 is 2.20 bits per heavy atom. The molecule has 3 rings (SSSR count). The number of aromatic nitrogens is 2. The van der Waals surface area contributed by atoms with Gasteiger partial charge in [0.25, 0.3) is 0 Å². The smallest absolute Gasteiger partial charge is 0.315 e. The standard InChI is InChI=1S/C19H26N4O2/c1-25-12-6-11-20-19(24)22-17-9-5-10-18-16(17)13-21-23(18)14-15-7-3-2-4-8-15/h2-4,7-8,13,17H,5-6,9-12,14H2,1H3,(H2,20,22,24)/t17-/m0/s1. The fourth-order valence-electron chi connectivity index (χ4n) is 3.29. The number of ether oxygens (including phenoxy) is 1. The van der Waals surface area contributed by atoms with E-state index in [0.717, 1.165) is 37.8 Å². The van der Waals surface area contributed by atoms with Crippen LogP contribution >= 0.6 is 0 Å². The Morgan fingerprint density at radius 1 is 1.36 bits per heavy atom. The topological polar surface area (TPSA) is 68.2 Å². The monoisotopic (exact) mass is 342 g/mol. The van der Waals surface area contributed by atoms with Gasteiger partial charge < -0.3 is 15.4 Å². The van der Waals surface area contributed by atoms with Gasteiger partial charge >= 0.3 is 6.03 Å². The van der Waals surface area contributed by atoms with Crippen LogP contribution in [0, 0.1) is 0 Å². The van der Waals surface area contributed by atoms with E-state index in [1.165, 1.54) is 11.3 Å². The Kier molecular flexibility index (Phi) is 6.06. The van der Waals surface area contributed by atoms with Gasteiger partial charge in [0, 0.05) is 31.5 Å². The van der Waals surface area contributed by atoms with Gasteiger partial charge in [-0.1, -0.05) is 30.3 Å². The molecule has 25 heavy (non-hydrogen) atoms. The van der Waals surface area contributed by atoms with Gasteiger partial charge in [0.05, 0.1) is 18.8 Å². The van der Waals surface area contributed by atoms with Crippen LogP contribution in [0.2, 0.25) is 0 Å². The van der Waals surface area contributed by atoms with E-state index in [1.807, 2.05) is 24.4 Å². The number of fused-ring (bicyclic) bond motifs is 1. The summed E-state index contributed by atoms with van der Waals surface area (Å²) in [4.78, 5) is 12.1. The maximum absolute atomic E-state index is 12.1. The van der Waals surface area contributed by atoms with E-state index >= 15 is 0 Å². The van der Waals surface area contributed by atoms with Crippen LogP contribution in [0.5, 0.6) is 0 Å². The lowest BCUT2D eigenvalue weighted by molar-refractivity contribution is 0.193. The number of nitrogens with zero attached hydrogens (tertiary/aromatic N) is 2. The largest absolute Gasteiger partial charge is 0.385 e. The lowest BCUT2D eigenvalue weighted by Gasteiger charge is -2.24. The lowest BCUT2D eigenvalue weighted by Crippen LogP contribution is -2.39. The number of carbonyl (C=O) groups excluding carboxylic acids is 1. The minimum absolute atomic E-state index is 0.0377. The van der Waals surface area contributed by atoms with Gasteiger partial charge in [-0.05, 0) is 31.2 Å². The highest BCUT2D eigenvalue weighted by Crippen LogP contribution is 2.29. The molecule has 134 valence electrons. The second kappa shape index (κ2) is 8.67. The van der Waals surface area contributed by atoms with Crippen molar-refractivity contribution < 1.29 is 9.53 Å². The minimum Gasteiger partial charge on any atom is -0.385 e. The maximum Gasteiger partial charge on any atom is 0.315 e. The molecular formula is C19H26N4O2. The summed E-state index contributed by atoms with van der Waals surface area (Å²) in [7, 11) is 1.66. The van der Waals surface area contributed by atoms with E-state index in [4.69, 9.17) is 4.74 Å². The van der Waals surface area contributed by atoms with Crippen molar-refractivity contribution in [1.29, 1.82) is 0 Å². The molecule has 6 nitrogen and oxygen atoms in total. The zero-order valence-corrected chi connectivity index (χ0v) is 14.7. The fraction of sp³-hybridized carbons (Fsp3) is 0.474. The second-order valence-electron chi connectivity index (χ2n) is 6.38. The Balaban J connectivity index is 1.61. The van der Waals surface area contributed by atoms with Crippen molar-refractivity contribution in [2.24, 2.45) is 0 Å². The maximum atomic E-state index is 12.1. The highest BCUT2D eigenvalue weighted by Gasteiger charge is 2.25. The molecule has 6 heteroatoms. The number of carbonyl (C=O) groups is 1. The number of hydrogen-bond acceptors (Lipinski definition) is 3. The zero-order chi connectivity index (χ0) is 17.5. The summed E-state index contributed by atoms with van der Waals surface area (Å²) in [6.07, 6.45) is 5.75. The molecule has 1 aromatic heterocycles. The third-order valence-corrected chi connectivity index (χ3v) is 4.55. The first-order valence-electron chi connectivity index (χ1n) is 8.89. The molecule has 0 fully saturated rings. The van der Waals surface area contributed by atoms with E-state index in [9.17, 15) is 4.79 Å². The minimum atomic E-state index is -0.121. The molecule has 1 aliphatic carbocycles. The number of hydrogen-bond donors (Lipinski definition) is 2. The third-order valence-electron chi connectivity index (χ3n) is 4.55. The number of methoxy groups -OCH3 is 1. The van der Waals surface area contributed by atoms with Gasteiger partial charge in [-0.25, -0.2) is 4.79 Å². The van der Waals surface area contributed by atoms with E-state index < -0.39 is 0 Å².